The predicted molar refractivity (Wildman–Crippen MR) is 83.3 cm³/mol. The third kappa shape index (κ3) is 4.18. The molecule has 0 aromatic rings. The maximum atomic E-state index is 12.8. The van der Waals surface area contributed by atoms with Gasteiger partial charge in [-0.05, 0) is 32.7 Å². The molecule has 20 heavy (non-hydrogen) atoms. The van der Waals surface area contributed by atoms with E-state index in [0.29, 0.717) is 6.54 Å². The molecule has 2 aliphatic rings. The summed E-state index contributed by atoms with van der Waals surface area (Å²) in [5.41, 5.74) is 0. The summed E-state index contributed by atoms with van der Waals surface area (Å²) >= 11 is 0. The highest BCUT2D eigenvalue weighted by Crippen LogP contribution is 2.32. The molecular formula is C15H30N2O2S. The topological polar surface area (TPSA) is 49.4 Å². The molecule has 0 amide bonds. The van der Waals surface area contributed by atoms with Gasteiger partial charge in [-0.25, -0.2) is 8.42 Å². The predicted octanol–water partition coefficient (Wildman–Crippen LogP) is 2.50. The minimum atomic E-state index is -3.11. The lowest BCUT2D eigenvalue weighted by Crippen LogP contribution is -2.50. The standard InChI is InChI=1S/C15H30N2O2S/c1-16-12-13-20(18,19)17(14-8-4-2-5-9-14)15-10-6-3-7-11-15/h14-16H,2-13H2,1H3. The Kier molecular flexibility index (Phi) is 6.30. The number of hydrogen-bond donors (Lipinski definition) is 1. The number of nitrogens with one attached hydrogen (secondary N) is 1. The van der Waals surface area contributed by atoms with Crippen molar-refractivity contribution in [1.29, 1.82) is 0 Å². The van der Waals surface area contributed by atoms with Crippen LogP contribution in [0.1, 0.15) is 64.2 Å². The van der Waals surface area contributed by atoms with Gasteiger partial charge in [0.15, 0.2) is 0 Å². The van der Waals surface area contributed by atoms with Gasteiger partial charge >= 0.3 is 0 Å². The zero-order valence-corrected chi connectivity index (χ0v) is 13.6. The molecule has 0 aromatic carbocycles. The molecule has 0 aliphatic heterocycles. The van der Waals surface area contributed by atoms with E-state index in [4.69, 9.17) is 0 Å². The summed E-state index contributed by atoms with van der Waals surface area (Å²) < 4.78 is 27.5. The lowest BCUT2D eigenvalue weighted by molar-refractivity contribution is 0.170. The maximum absolute atomic E-state index is 12.8. The highest BCUT2D eigenvalue weighted by Gasteiger charge is 2.36. The molecule has 4 nitrogen and oxygen atoms in total. The molecule has 1 N–H and O–H groups in total. The van der Waals surface area contributed by atoms with Crippen molar-refractivity contribution in [2.75, 3.05) is 19.3 Å². The summed E-state index contributed by atoms with van der Waals surface area (Å²) in [7, 11) is -1.29. The van der Waals surface area contributed by atoms with Gasteiger partial charge in [0.2, 0.25) is 10.0 Å². The van der Waals surface area contributed by atoms with Crippen LogP contribution in [0.5, 0.6) is 0 Å². The molecular weight excluding hydrogens is 272 g/mol. The summed E-state index contributed by atoms with van der Waals surface area (Å²) in [5, 5.41) is 2.98. The van der Waals surface area contributed by atoms with E-state index in [1.165, 1.54) is 38.5 Å². The second kappa shape index (κ2) is 7.76. The van der Waals surface area contributed by atoms with Crippen molar-refractivity contribution in [3.63, 3.8) is 0 Å². The molecule has 5 heteroatoms. The fourth-order valence-corrected chi connectivity index (χ4v) is 5.76. The van der Waals surface area contributed by atoms with Gasteiger partial charge in [0.25, 0.3) is 0 Å². The normalized spacial score (nSPS) is 23.3. The Balaban J connectivity index is 2.13. The fourth-order valence-electron chi connectivity index (χ4n) is 3.76. The highest BCUT2D eigenvalue weighted by molar-refractivity contribution is 7.89. The number of hydrogen-bond acceptors (Lipinski definition) is 3. The van der Waals surface area contributed by atoms with Crippen LogP contribution in [0, 0.1) is 0 Å². The molecule has 2 fully saturated rings. The molecule has 118 valence electrons. The van der Waals surface area contributed by atoms with Gasteiger partial charge < -0.3 is 5.32 Å². The molecule has 2 rings (SSSR count). The first-order chi connectivity index (χ1) is 9.65. The van der Waals surface area contributed by atoms with E-state index in [9.17, 15) is 8.42 Å². The van der Waals surface area contributed by atoms with Crippen molar-refractivity contribution in [2.24, 2.45) is 0 Å². The molecule has 0 unspecified atom stereocenters. The number of sulfonamides is 1. The number of nitrogens with zero attached hydrogens (tertiary/aromatic N) is 1. The van der Waals surface area contributed by atoms with Gasteiger partial charge in [-0.15, -0.1) is 0 Å². The van der Waals surface area contributed by atoms with E-state index in [1.54, 1.807) is 0 Å². The fraction of sp³-hybridized carbons (Fsp3) is 1.00. The Morgan fingerprint density at radius 1 is 0.900 bits per heavy atom. The molecule has 0 saturated heterocycles. The van der Waals surface area contributed by atoms with E-state index in [-0.39, 0.29) is 17.8 Å². The lowest BCUT2D eigenvalue weighted by atomic mass is 9.91. The van der Waals surface area contributed by atoms with Gasteiger partial charge in [0.05, 0.1) is 5.75 Å². The molecule has 0 atom stereocenters. The van der Waals surface area contributed by atoms with E-state index in [0.717, 1.165) is 25.7 Å². The third-order valence-corrected chi connectivity index (χ3v) is 6.76. The summed E-state index contributed by atoms with van der Waals surface area (Å²) in [6, 6.07) is 0.544. The van der Waals surface area contributed by atoms with Crippen LogP contribution >= 0.6 is 0 Å². The molecule has 0 aromatic heterocycles. The molecule has 0 heterocycles. The Morgan fingerprint density at radius 2 is 1.35 bits per heavy atom. The van der Waals surface area contributed by atoms with E-state index >= 15 is 0 Å². The van der Waals surface area contributed by atoms with Crippen LogP contribution in [-0.2, 0) is 10.0 Å². The lowest BCUT2D eigenvalue weighted by Gasteiger charge is -2.40. The molecule has 2 saturated carbocycles. The van der Waals surface area contributed by atoms with Gasteiger partial charge in [-0.3, -0.25) is 0 Å². The zero-order valence-electron chi connectivity index (χ0n) is 12.8. The average molecular weight is 302 g/mol. The van der Waals surface area contributed by atoms with Crippen LogP contribution in [0.25, 0.3) is 0 Å². The molecule has 0 spiro atoms. The van der Waals surface area contributed by atoms with E-state index in [1.807, 2.05) is 11.4 Å². The van der Waals surface area contributed by atoms with E-state index < -0.39 is 10.0 Å². The highest BCUT2D eigenvalue weighted by atomic mass is 32.2. The largest absolute Gasteiger partial charge is 0.319 e. The first-order valence-electron chi connectivity index (χ1n) is 8.31. The Labute approximate surface area is 124 Å². The first-order valence-corrected chi connectivity index (χ1v) is 9.92. The summed E-state index contributed by atoms with van der Waals surface area (Å²) in [6.07, 6.45) is 11.6. The smallest absolute Gasteiger partial charge is 0.215 e. The van der Waals surface area contributed by atoms with Crippen LogP contribution in [0.2, 0.25) is 0 Å². The minimum Gasteiger partial charge on any atom is -0.319 e. The van der Waals surface area contributed by atoms with Crippen LogP contribution in [0.3, 0.4) is 0 Å². The second-order valence-electron chi connectivity index (χ2n) is 6.33. The molecule has 0 radical (unpaired) electrons. The Hall–Kier alpha value is -0.130. The Bertz CT molecular complexity index is 353. The SMILES string of the molecule is CNCCS(=O)(=O)N(C1CCCCC1)C1CCCCC1. The second-order valence-corrected chi connectivity index (χ2v) is 8.33. The van der Waals surface area contributed by atoms with Crippen molar-refractivity contribution in [2.45, 2.75) is 76.3 Å². The van der Waals surface area contributed by atoms with Crippen LogP contribution in [0.15, 0.2) is 0 Å². The molecule has 2 aliphatic carbocycles. The third-order valence-electron chi connectivity index (χ3n) is 4.80. The Morgan fingerprint density at radius 3 is 1.75 bits per heavy atom. The average Bonchev–Trinajstić information content (AvgIpc) is 2.47. The zero-order chi connectivity index (χ0) is 14.4. The summed E-state index contributed by atoms with van der Waals surface area (Å²) in [4.78, 5) is 0. The first kappa shape index (κ1) is 16.2. The van der Waals surface area contributed by atoms with Gasteiger partial charge in [-0.1, -0.05) is 38.5 Å². The van der Waals surface area contributed by atoms with Gasteiger partial charge in [0.1, 0.15) is 0 Å². The monoisotopic (exact) mass is 302 g/mol. The molecule has 0 bridgehead atoms. The quantitative estimate of drug-likeness (QED) is 0.820. The minimum absolute atomic E-state index is 0.247. The maximum Gasteiger partial charge on any atom is 0.215 e. The van der Waals surface area contributed by atoms with Crippen molar-refractivity contribution in [1.82, 2.24) is 9.62 Å². The van der Waals surface area contributed by atoms with Crippen LogP contribution in [0.4, 0.5) is 0 Å². The summed E-state index contributed by atoms with van der Waals surface area (Å²) in [6.45, 7) is 0.554. The van der Waals surface area contributed by atoms with Crippen LogP contribution < -0.4 is 5.32 Å². The number of rotatable bonds is 6. The van der Waals surface area contributed by atoms with Crippen molar-refractivity contribution >= 4 is 10.0 Å². The van der Waals surface area contributed by atoms with E-state index in [2.05, 4.69) is 5.32 Å². The van der Waals surface area contributed by atoms with Crippen molar-refractivity contribution in [3.05, 3.63) is 0 Å². The van der Waals surface area contributed by atoms with Crippen molar-refractivity contribution < 1.29 is 8.42 Å². The van der Waals surface area contributed by atoms with Gasteiger partial charge in [0, 0.05) is 18.6 Å². The summed E-state index contributed by atoms with van der Waals surface area (Å²) in [5.74, 6) is 0.247. The van der Waals surface area contributed by atoms with Gasteiger partial charge in [-0.2, -0.15) is 4.31 Å². The van der Waals surface area contributed by atoms with Crippen molar-refractivity contribution in [3.8, 4) is 0 Å². The van der Waals surface area contributed by atoms with Crippen LogP contribution in [-0.4, -0.2) is 44.2 Å².